The van der Waals surface area contributed by atoms with Crippen molar-refractivity contribution in [3.05, 3.63) is 71.9 Å². The van der Waals surface area contributed by atoms with E-state index in [2.05, 4.69) is 19.5 Å². The monoisotopic (exact) mass is 332 g/mol. The zero-order chi connectivity index (χ0) is 16.1. The van der Waals surface area contributed by atoms with E-state index in [1.807, 2.05) is 36.5 Å². The molecule has 0 bridgehead atoms. The minimum absolute atomic E-state index is 0.189. The van der Waals surface area contributed by atoms with Crippen molar-refractivity contribution in [3.63, 3.8) is 0 Å². The summed E-state index contributed by atoms with van der Waals surface area (Å²) >= 11 is 0. The highest BCUT2D eigenvalue weighted by atomic mass is 32.2. The van der Waals surface area contributed by atoms with Crippen LogP contribution in [0, 0.1) is 0 Å². The van der Waals surface area contributed by atoms with Gasteiger partial charge in [0.15, 0.2) is 0 Å². The zero-order valence-electron chi connectivity index (χ0n) is 12.3. The normalized spacial score (nSPS) is 11.7. The predicted octanol–water partition coefficient (Wildman–Crippen LogP) is 1.54. The van der Waals surface area contributed by atoms with Gasteiger partial charge >= 0.3 is 0 Å². The van der Waals surface area contributed by atoms with Gasteiger partial charge in [0.2, 0.25) is 10.0 Å². The maximum Gasteiger partial charge on any atom is 0.217 e. The molecule has 1 N–H and O–H groups in total. The molecule has 23 heavy (non-hydrogen) atoms. The van der Waals surface area contributed by atoms with E-state index in [4.69, 9.17) is 0 Å². The molecule has 0 radical (unpaired) electrons. The third-order valence-electron chi connectivity index (χ3n) is 3.20. The lowest BCUT2D eigenvalue weighted by molar-refractivity contribution is 0.413. The Morgan fingerprint density at radius 2 is 1.96 bits per heavy atom. The van der Waals surface area contributed by atoms with E-state index in [9.17, 15) is 8.42 Å². The van der Waals surface area contributed by atoms with Gasteiger partial charge in [-0.15, -0.1) is 0 Å². The number of hydrogen-bond donors (Lipinski definition) is 1. The summed E-state index contributed by atoms with van der Waals surface area (Å²) in [7, 11) is -3.46. The van der Waals surface area contributed by atoms with Gasteiger partial charge in [-0.1, -0.05) is 35.5 Å². The van der Waals surface area contributed by atoms with Crippen molar-refractivity contribution in [2.24, 2.45) is 0 Å². The van der Waals surface area contributed by atoms with Gasteiger partial charge in [0.05, 0.1) is 18.4 Å². The molecule has 120 valence electrons. The summed E-state index contributed by atoms with van der Waals surface area (Å²) in [5.74, 6) is -0.207. The molecule has 0 amide bonds. The van der Waals surface area contributed by atoms with E-state index in [0.717, 1.165) is 11.1 Å². The molecule has 0 saturated carbocycles. The second kappa shape index (κ2) is 6.76. The number of sulfonamides is 1. The molecular weight excluding hydrogens is 316 g/mol. The third kappa shape index (κ3) is 4.51. The Morgan fingerprint density at radius 3 is 2.70 bits per heavy atom. The van der Waals surface area contributed by atoms with Crippen LogP contribution in [-0.4, -0.2) is 23.4 Å². The fourth-order valence-corrected chi connectivity index (χ4v) is 3.13. The van der Waals surface area contributed by atoms with Crippen molar-refractivity contribution in [1.29, 1.82) is 0 Å². The van der Waals surface area contributed by atoms with Gasteiger partial charge in [-0.3, -0.25) is 4.68 Å². The maximum absolute atomic E-state index is 11.9. The molecule has 0 aliphatic carbocycles. The van der Waals surface area contributed by atoms with Gasteiger partial charge in [0.25, 0.3) is 0 Å². The van der Waals surface area contributed by atoms with Crippen LogP contribution in [0.1, 0.15) is 16.8 Å². The molecule has 0 spiro atoms. The lowest BCUT2D eigenvalue weighted by atomic mass is 10.2. The Kier molecular flexibility index (Phi) is 4.54. The maximum atomic E-state index is 11.9. The molecule has 0 saturated heterocycles. The molecule has 8 heteroatoms. The summed E-state index contributed by atoms with van der Waals surface area (Å²) in [6.07, 6.45) is 4.83. The topological polar surface area (TPSA) is 90.0 Å². The quantitative estimate of drug-likeness (QED) is 0.709. The van der Waals surface area contributed by atoms with E-state index >= 15 is 0 Å². The van der Waals surface area contributed by atoms with E-state index in [1.54, 1.807) is 10.9 Å². The lowest BCUT2D eigenvalue weighted by Gasteiger charge is -2.03. The third-order valence-corrected chi connectivity index (χ3v) is 4.46. The summed E-state index contributed by atoms with van der Waals surface area (Å²) < 4.78 is 32.8. The number of hydrogen-bond acceptors (Lipinski definition) is 5. The number of aromatic nitrogens is 3. The van der Waals surface area contributed by atoms with Crippen molar-refractivity contribution >= 4 is 10.0 Å². The molecule has 0 aliphatic rings. The van der Waals surface area contributed by atoms with Gasteiger partial charge in [0, 0.05) is 24.4 Å². The first-order chi connectivity index (χ1) is 11.1. The molecule has 3 aromatic rings. The Bertz CT molecular complexity index is 842. The largest absolute Gasteiger partial charge is 0.364 e. The Morgan fingerprint density at radius 1 is 1.13 bits per heavy atom. The summed E-state index contributed by atoms with van der Waals surface area (Å²) in [5, 5.41) is 7.84. The number of benzene rings is 1. The molecule has 2 aromatic heterocycles. The van der Waals surface area contributed by atoms with E-state index < -0.39 is 10.0 Å². The van der Waals surface area contributed by atoms with Gasteiger partial charge in [-0.2, -0.15) is 5.10 Å². The lowest BCUT2D eigenvalue weighted by Crippen LogP contribution is -2.24. The van der Waals surface area contributed by atoms with Crippen LogP contribution in [0.3, 0.4) is 0 Å². The van der Waals surface area contributed by atoms with Gasteiger partial charge < -0.3 is 4.52 Å². The molecular formula is C15H16N4O3S. The smallest absolute Gasteiger partial charge is 0.217 e. The highest BCUT2D eigenvalue weighted by Crippen LogP contribution is 2.06. The average molecular weight is 332 g/mol. The van der Waals surface area contributed by atoms with Crippen molar-refractivity contribution in [2.75, 3.05) is 0 Å². The number of rotatable bonds is 7. The second-order valence-corrected chi connectivity index (χ2v) is 6.91. The van der Waals surface area contributed by atoms with Gasteiger partial charge in [-0.05, 0) is 5.56 Å². The Labute approximate surface area is 134 Å². The first-order valence-electron chi connectivity index (χ1n) is 7.02. The molecule has 0 atom stereocenters. The number of nitrogens with zero attached hydrogens (tertiary/aromatic N) is 3. The van der Waals surface area contributed by atoms with Crippen LogP contribution in [-0.2, 0) is 28.9 Å². The summed E-state index contributed by atoms with van der Waals surface area (Å²) in [6.45, 7) is 0.835. The van der Waals surface area contributed by atoms with Crippen LogP contribution in [0.5, 0.6) is 0 Å². The summed E-state index contributed by atoms with van der Waals surface area (Å²) in [6, 6.07) is 11.5. The fourth-order valence-electron chi connectivity index (χ4n) is 2.11. The van der Waals surface area contributed by atoms with E-state index in [0.29, 0.717) is 12.2 Å². The Hall–Kier alpha value is -2.45. The minimum atomic E-state index is -3.46. The molecule has 7 nitrogen and oxygen atoms in total. The van der Waals surface area contributed by atoms with Crippen LogP contribution in [0.15, 0.2) is 59.6 Å². The van der Waals surface area contributed by atoms with E-state index in [-0.39, 0.29) is 12.3 Å². The molecule has 2 heterocycles. The van der Waals surface area contributed by atoms with Crippen molar-refractivity contribution in [1.82, 2.24) is 19.7 Å². The Balaban J connectivity index is 1.57. The van der Waals surface area contributed by atoms with Crippen molar-refractivity contribution < 1.29 is 12.9 Å². The van der Waals surface area contributed by atoms with Gasteiger partial charge in [0.1, 0.15) is 12.0 Å². The standard InChI is InChI=1S/C15H16N4O3S/c20-23(21,12-15-6-7-22-18-15)17-9-14-8-16-19(11-14)10-13-4-2-1-3-5-13/h1-8,11,17H,9-10,12H2. The SMILES string of the molecule is O=S(=O)(Cc1ccon1)NCc1cnn(Cc2ccccc2)c1. The molecule has 0 fully saturated rings. The van der Waals surface area contributed by atoms with Gasteiger partial charge in [-0.25, -0.2) is 13.1 Å². The van der Waals surface area contributed by atoms with E-state index in [1.165, 1.54) is 12.3 Å². The minimum Gasteiger partial charge on any atom is -0.364 e. The van der Waals surface area contributed by atoms with Crippen LogP contribution in [0.2, 0.25) is 0 Å². The predicted molar refractivity (Wildman–Crippen MR) is 83.7 cm³/mol. The second-order valence-electron chi connectivity index (χ2n) is 5.10. The van der Waals surface area contributed by atoms with Crippen LogP contribution < -0.4 is 4.72 Å². The fraction of sp³-hybridized carbons (Fsp3) is 0.200. The summed E-state index contributed by atoms with van der Waals surface area (Å²) in [5.41, 5.74) is 2.30. The first-order valence-corrected chi connectivity index (χ1v) is 8.68. The highest BCUT2D eigenvalue weighted by Gasteiger charge is 2.13. The highest BCUT2D eigenvalue weighted by molar-refractivity contribution is 7.88. The molecule has 0 aliphatic heterocycles. The van der Waals surface area contributed by atoms with Crippen molar-refractivity contribution in [3.8, 4) is 0 Å². The first kappa shape index (κ1) is 15.4. The molecule has 3 rings (SSSR count). The number of nitrogens with one attached hydrogen (secondary N) is 1. The zero-order valence-corrected chi connectivity index (χ0v) is 13.1. The van der Waals surface area contributed by atoms with Crippen molar-refractivity contribution in [2.45, 2.75) is 18.8 Å². The molecule has 1 aromatic carbocycles. The van der Waals surface area contributed by atoms with Crippen LogP contribution in [0.4, 0.5) is 0 Å². The van der Waals surface area contributed by atoms with Crippen LogP contribution >= 0.6 is 0 Å². The summed E-state index contributed by atoms with van der Waals surface area (Å²) in [4.78, 5) is 0. The average Bonchev–Trinajstić information content (AvgIpc) is 3.18. The van der Waals surface area contributed by atoms with Crippen LogP contribution in [0.25, 0.3) is 0 Å². The molecule has 0 unspecified atom stereocenters.